The Balaban J connectivity index is 2.66. The lowest BCUT2D eigenvalue weighted by molar-refractivity contribution is -0.135. The molecule has 1 aromatic rings. The molecule has 0 N–H and O–H groups in total. The normalized spacial score (nSPS) is 9.94. The Labute approximate surface area is 108 Å². The lowest BCUT2D eigenvalue weighted by Crippen LogP contribution is -2.31. The third kappa shape index (κ3) is 4.20. The topological polar surface area (TPSA) is 46.6 Å². The summed E-state index contributed by atoms with van der Waals surface area (Å²) in [5.74, 6) is 0.561. The average molecular weight is 249 g/mol. The van der Waals surface area contributed by atoms with E-state index in [1.54, 1.807) is 12.0 Å². The third-order valence-corrected chi connectivity index (χ3v) is 2.67. The molecule has 0 heterocycles. The number of hydrogen-bond donors (Lipinski definition) is 0. The summed E-state index contributed by atoms with van der Waals surface area (Å²) in [6, 6.07) is 7.56. The van der Waals surface area contributed by atoms with Crippen LogP contribution in [0.25, 0.3) is 0 Å². The van der Waals surface area contributed by atoms with Gasteiger partial charge in [-0.2, -0.15) is 0 Å². The van der Waals surface area contributed by atoms with Gasteiger partial charge in [-0.05, 0) is 31.5 Å². The summed E-state index contributed by atoms with van der Waals surface area (Å²) < 4.78 is 5.08. The van der Waals surface area contributed by atoms with Gasteiger partial charge in [0.05, 0.1) is 13.5 Å². The second-order valence-corrected chi connectivity index (χ2v) is 4.13. The molecule has 0 aliphatic rings. The van der Waals surface area contributed by atoms with Crippen LogP contribution in [-0.4, -0.2) is 30.2 Å². The highest BCUT2D eigenvalue weighted by atomic mass is 16.5. The van der Waals surface area contributed by atoms with Gasteiger partial charge >= 0.3 is 0 Å². The summed E-state index contributed by atoms with van der Waals surface area (Å²) in [4.78, 5) is 24.4. The third-order valence-electron chi connectivity index (χ3n) is 2.67. The van der Waals surface area contributed by atoms with Crippen molar-refractivity contribution >= 4 is 11.7 Å². The van der Waals surface area contributed by atoms with Gasteiger partial charge in [0.2, 0.25) is 5.91 Å². The highest BCUT2D eigenvalue weighted by molar-refractivity contribution is 5.96. The number of rotatable bonds is 6. The maximum atomic E-state index is 11.8. The zero-order valence-corrected chi connectivity index (χ0v) is 11.1. The van der Waals surface area contributed by atoms with Crippen LogP contribution < -0.4 is 4.74 Å². The van der Waals surface area contributed by atoms with Crippen LogP contribution in [0.2, 0.25) is 0 Å². The first-order valence-corrected chi connectivity index (χ1v) is 5.97. The molecule has 4 heteroatoms. The van der Waals surface area contributed by atoms with Gasteiger partial charge in [-0.15, -0.1) is 0 Å². The van der Waals surface area contributed by atoms with Crippen molar-refractivity contribution in [2.24, 2.45) is 0 Å². The predicted molar refractivity (Wildman–Crippen MR) is 69.4 cm³/mol. The van der Waals surface area contributed by atoms with Crippen molar-refractivity contribution in [3.8, 4) is 5.75 Å². The molecule has 0 bridgehead atoms. The Kier molecular flexibility index (Phi) is 5.36. The molecular formula is C14H19NO3. The standard InChI is InChI=1S/C14H19NO3/c1-4-15(14(17)9-11(2)16)10-12-5-7-13(18-3)8-6-12/h5-8H,4,9-10H2,1-3H3. The largest absolute Gasteiger partial charge is 0.497 e. The highest BCUT2D eigenvalue weighted by Gasteiger charge is 2.13. The second-order valence-electron chi connectivity index (χ2n) is 4.13. The number of ketones is 1. The minimum Gasteiger partial charge on any atom is -0.497 e. The Morgan fingerprint density at radius 1 is 1.22 bits per heavy atom. The van der Waals surface area contributed by atoms with E-state index in [4.69, 9.17) is 4.74 Å². The monoisotopic (exact) mass is 249 g/mol. The smallest absolute Gasteiger partial charge is 0.230 e. The summed E-state index contributed by atoms with van der Waals surface area (Å²) in [6.07, 6.45) is -0.0238. The van der Waals surface area contributed by atoms with E-state index in [2.05, 4.69) is 0 Å². The molecule has 0 atom stereocenters. The fourth-order valence-electron chi connectivity index (χ4n) is 1.65. The molecule has 1 aromatic carbocycles. The molecule has 0 aliphatic carbocycles. The van der Waals surface area contributed by atoms with E-state index in [0.29, 0.717) is 13.1 Å². The Bertz CT molecular complexity index is 412. The molecule has 0 unspecified atom stereocenters. The van der Waals surface area contributed by atoms with Crippen molar-refractivity contribution < 1.29 is 14.3 Å². The Morgan fingerprint density at radius 2 is 1.83 bits per heavy atom. The van der Waals surface area contributed by atoms with Crippen LogP contribution in [0, 0.1) is 0 Å². The minimum atomic E-state index is -0.124. The number of carbonyl (C=O) groups is 2. The van der Waals surface area contributed by atoms with Gasteiger partial charge in [-0.3, -0.25) is 9.59 Å². The molecule has 0 saturated heterocycles. The highest BCUT2D eigenvalue weighted by Crippen LogP contribution is 2.13. The maximum Gasteiger partial charge on any atom is 0.230 e. The van der Waals surface area contributed by atoms with Crippen molar-refractivity contribution in [1.29, 1.82) is 0 Å². The fourth-order valence-corrected chi connectivity index (χ4v) is 1.65. The van der Waals surface area contributed by atoms with Crippen LogP contribution >= 0.6 is 0 Å². The van der Waals surface area contributed by atoms with Crippen LogP contribution in [-0.2, 0) is 16.1 Å². The van der Waals surface area contributed by atoms with Gasteiger partial charge in [0, 0.05) is 13.1 Å². The number of benzene rings is 1. The zero-order chi connectivity index (χ0) is 13.5. The van der Waals surface area contributed by atoms with E-state index < -0.39 is 0 Å². The van der Waals surface area contributed by atoms with Gasteiger partial charge in [0.25, 0.3) is 0 Å². The first-order valence-electron chi connectivity index (χ1n) is 5.97. The number of nitrogens with zero attached hydrogens (tertiary/aromatic N) is 1. The first-order chi connectivity index (χ1) is 8.56. The van der Waals surface area contributed by atoms with Crippen molar-refractivity contribution in [2.45, 2.75) is 26.8 Å². The van der Waals surface area contributed by atoms with Gasteiger partial charge < -0.3 is 9.64 Å². The molecule has 1 rings (SSSR count). The van der Waals surface area contributed by atoms with Crippen LogP contribution in [0.1, 0.15) is 25.8 Å². The van der Waals surface area contributed by atoms with E-state index in [9.17, 15) is 9.59 Å². The number of Topliss-reactive ketones (excluding diaryl/α,β-unsaturated/α-hetero) is 1. The number of hydrogen-bond acceptors (Lipinski definition) is 3. The Hall–Kier alpha value is -1.84. The van der Waals surface area contributed by atoms with Crippen LogP contribution in [0.4, 0.5) is 0 Å². The molecule has 1 amide bonds. The summed E-state index contributed by atoms with van der Waals surface area (Å²) in [6.45, 7) is 4.45. The maximum absolute atomic E-state index is 11.8. The number of amides is 1. The zero-order valence-electron chi connectivity index (χ0n) is 11.1. The summed E-state index contributed by atoms with van der Waals surface area (Å²) >= 11 is 0. The Morgan fingerprint density at radius 3 is 2.28 bits per heavy atom. The molecular weight excluding hydrogens is 230 g/mol. The van der Waals surface area contributed by atoms with Gasteiger partial charge in [0.15, 0.2) is 0 Å². The number of carbonyl (C=O) groups excluding carboxylic acids is 2. The molecule has 4 nitrogen and oxygen atoms in total. The molecule has 0 saturated carbocycles. The van der Waals surface area contributed by atoms with E-state index in [-0.39, 0.29) is 18.1 Å². The second kappa shape index (κ2) is 6.79. The molecule has 0 fully saturated rings. The van der Waals surface area contributed by atoms with E-state index in [1.807, 2.05) is 31.2 Å². The van der Waals surface area contributed by atoms with Crippen LogP contribution in [0.15, 0.2) is 24.3 Å². The molecule has 0 aliphatic heterocycles. The van der Waals surface area contributed by atoms with Gasteiger partial charge in [-0.1, -0.05) is 12.1 Å². The van der Waals surface area contributed by atoms with Gasteiger partial charge in [0.1, 0.15) is 11.5 Å². The number of ether oxygens (including phenoxy) is 1. The minimum absolute atomic E-state index is 0.0238. The van der Waals surface area contributed by atoms with E-state index >= 15 is 0 Å². The lowest BCUT2D eigenvalue weighted by Gasteiger charge is -2.20. The summed E-state index contributed by atoms with van der Waals surface area (Å²) in [5, 5.41) is 0. The van der Waals surface area contributed by atoms with Crippen molar-refractivity contribution in [1.82, 2.24) is 4.90 Å². The lowest BCUT2D eigenvalue weighted by atomic mass is 10.2. The average Bonchev–Trinajstić information content (AvgIpc) is 2.35. The van der Waals surface area contributed by atoms with E-state index in [0.717, 1.165) is 11.3 Å². The van der Waals surface area contributed by atoms with Crippen LogP contribution in [0.5, 0.6) is 5.75 Å². The summed E-state index contributed by atoms with van der Waals surface area (Å²) in [5.41, 5.74) is 1.02. The van der Waals surface area contributed by atoms with Crippen LogP contribution in [0.3, 0.4) is 0 Å². The van der Waals surface area contributed by atoms with Crippen molar-refractivity contribution in [3.05, 3.63) is 29.8 Å². The molecule has 98 valence electrons. The van der Waals surface area contributed by atoms with Crippen molar-refractivity contribution in [3.63, 3.8) is 0 Å². The van der Waals surface area contributed by atoms with Crippen molar-refractivity contribution in [2.75, 3.05) is 13.7 Å². The fraction of sp³-hybridized carbons (Fsp3) is 0.429. The number of methoxy groups -OCH3 is 1. The quantitative estimate of drug-likeness (QED) is 0.725. The molecule has 0 spiro atoms. The molecule has 18 heavy (non-hydrogen) atoms. The predicted octanol–water partition coefficient (Wildman–Crippen LogP) is 2.02. The van der Waals surface area contributed by atoms with E-state index in [1.165, 1.54) is 6.92 Å². The SMILES string of the molecule is CCN(Cc1ccc(OC)cc1)C(=O)CC(C)=O. The summed E-state index contributed by atoms with van der Waals surface area (Å²) in [7, 11) is 1.61. The molecule has 0 aromatic heterocycles. The van der Waals surface area contributed by atoms with Gasteiger partial charge in [-0.25, -0.2) is 0 Å². The first kappa shape index (κ1) is 14.2. The molecule has 0 radical (unpaired) electrons.